The van der Waals surface area contributed by atoms with Crippen molar-refractivity contribution in [1.82, 2.24) is 0 Å². The number of hydrogen-bond donors (Lipinski definition) is 2. The number of anilines is 3. The number of carbonyl (C=O) groups excluding carboxylic acids is 2. The second kappa shape index (κ2) is 9.93. The predicted molar refractivity (Wildman–Crippen MR) is 129 cm³/mol. The molecule has 2 N–H and O–H groups in total. The Morgan fingerprint density at radius 3 is 2.18 bits per heavy atom. The van der Waals surface area contributed by atoms with Crippen molar-refractivity contribution in [3.05, 3.63) is 77.3 Å². The first-order valence-electron chi connectivity index (χ1n) is 9.73. The number of sulfonamides is 1. The number of ether oxygens (including phenoxy) is 1. The average Bonchev–Trinajstić information content (AvgIpc) is 2.78. The quantitative estimate of drug-likeness (QED) is 0.514. The number of rotatable bonds is 7. The Labute approximate surface area is 197 Å². The molecular weight excluding hydrogens is 466 g/mol. The third-order valence-corrected chi connectivity index (χ3v) is 6.83. The molecule has 0 saturated carbocycles. The van der Waals surface area contributed by atoms with Crippen LogP contribution in [0.25, 0.3) is 0 Å². The van der Waals surface area contributed by atoms with Crippen LogP contribution in [0.2, 0.25) is 5.02 Å². The van der Waals surface area contributed by atoms with E-state index in [9.17, 15) is 18.0 Å². The van der Waals surface area contributed by atoms with Gasteiger partial charge in [0, 0.05) is 25.3 Å². The molecule has 0 aromatic heterocycles. The molecule has 8 nitrogen and oxygen atoms in total. The first-order chi connectivity index (χ1) is 15.6. The molecule has 3 aromatic carbocycles. The lowest BCUT2D eigenvalue weighted by atomic mass is 10.2. The van der Waals surface area contributed by atoms with Crippen LogP contribution in [0.5, 0.6) is 5.75 Å². The zero-order valence-electron chi connectivity index (χ0n) is 18.1. The standard InChI is InChI=1S/C23H22ClN3O5S/c1-15(28)25-16-5-4-6-17(13-16)26-23(29)21-14-20(11-12-22(21)24)33(30,31)27(2)18-7-9-19(32-3)10-8-18/h4-14H,1-3H3,(H,25,28)(H,26,29). The highest BCUT2D eigenvalue weighted by atomic mass is 35.5. The molecule has 10 heteroatoms. The first-order valence-corrected chi connectivity index (χ1v) is 11.5. The van der Waals surface area contributed by atoms with E-state index < -0.39 is 15.9 Å². The number of nitrogens with one attached hydrogen (secondary N) is 2. The summed E-state index contributed by atoms with van der Waals surface area (Å²) in [5.41, 5.74) is 1.33. The van der Waals surface area contributed by atoms with Crippen LogP contribution >= 0.6 is 11.6 Å². The number of halogens is 1. The second-order valence-corrected chi connectivity index (χ2v) is 9.40. The maximum absolute atomic E-state index is 13.2. The Bertz CT molecular complexity index is 1290. The van der Waals surface area contributed by atoms with Gasteiger partial charge in [-0.3, -0.25) is 13.9 Å². The van der Waals surface area contributed by atoms with Gasteiger partial charge in [-0.2, -0.15) is 0 Å². The van der Waals surface area contributed by atoms with E-state index in [1.54, 1.807) is 48.5 Å². The number of benzene rings is 3. The van der Waals surface area contributed by atoms with Crippen LogP contribution < -0.4 is 19.7 Å². The second-order valence-electron chi connectivity index (χ2n) is 7.03. The Morgan fingerprint density at radius 1 is 0.939 bits per heavy atom. The highest BCUT2D eigenvalue weighted by molar-refractivity contribution is 7.92. The van der Waals surface area contributed by atoms with Crippen LogP contribution in [0.15, 0.2) is 71.6 Å². The van der Waals surface area contributed by atoms with E-state index in [2.05, 4.69) is 10.6 Å². The van der Waals surface area contributed by atoms with Crippen molar-refractivity contribution in [3.8, 4) is 5.75 Å². The van der Waals surface area contributed by atoms with Crippen molar-refractivity contribution in [3.63, 3.8) is 0 Å². The summed E-state index contributed by atoms with van der Waals surface area (Å²) < 4.78 is 32.5. The van der Waals surface area contributed by atoms with Crippen LogP contribution in [0, 0.1) is 0 Å². The summed E-state index contributed by atoms with van der Waals surface area (Å²) >= 11 is 6.20. The third kappa shape index (κ3) is 5.63. The van der Waals surface area contributed by atoms with Crippen LogP contribution in [-0.4, -0.2) is 34.4 Å². The van der Waals surface area contributed by atoms with E-state index >= 15 is 0 Å². The van der Waals surface area contributed by atoms with Crippen LogP contribution in [0.1, 0.15) is 17.3 Å². The molecule has 0 spiro atoms. The van der Waals surface area contributed by atoms with E-state index in [0.29, 0.717) is 22.8 Å². The molecule has 0 radical (unpaired) electrons. The Balaban J connectivity index is 1.87. The lowest BCUT2D eigenvalue weighted by Gasteiger charge is -2.20. The molecule has 0 unspecified atom stereocenters. The van der Waals surface area contributed by atoms with Gasteiger partial charge in [-0.05, 0) is 60.7 Å². The molecule has 0 aliphatic rings. The van der Waals surface area contributed by atoms with E-state index in [1.165, 1.54) is 39.3 Å². The van der Waals surface area contributed by atoms with Crippen molar-refractivity contribution in [2.45, 2.75) is 11.8 Å². The summed E-state index contributed by atoms with van der Waals surface area (Å²) in [4.78, 5) is 24.0. The van der Waals surface area contributed by atoms with Gasteiger partial charge in [0.05, 0.1) is 28.3 Å². The molecule has 3 rings (SSSR count). The SMILES string of the molecule is COc1ccc(N(C)S(=O)(=O)c2ccc(Cl)c(C(=O)Nc3cccc(NC(C)=O)c3)c2)cc1. The van der Waals surface area contributed by atoms with Gasteiger partial charge in [-0.1, -0.05) is 17.7 Å². The van der Waals surface area contributed by atoms with Crippen molar-refractivity contribution in [2.75, 3.05) is 29.1 Å². The minimum absolute atomic E-state index is 0.00852. The Hall–Kier alpha value is -3.56. The number of hydrogen-bond acceptors (Lipinski definition) is 5. The molecule has 33 heavy (non-hydrogen) atoms. The first kappa shape index (κ1) is 24.1. The smallest absolute Gasteiger partial charge is 0.264 e. The van der Waals surface area contributed by atoms with Gasteiger partial charge in [0.2, 0.25) is 5.91 Å². The van der Waals surface area contributed by atoms with E-state index in [4.69, 9.17) is 16.3 Å². The summed E-state index contributed by atoms with van der Waals surface area (Å²) in [5.74, 6) is -0.248. The summed E-state index contributed by atoms with van der Waals surface area (Å²) in [5, 5.41) is 5.39. The van der Waals surface area contributed by atoms with Gasteiger partial charge in [-0.15, -0.1) is 0 Å². The summed E-state index contributed by atoms with van der Waals surface area (Å²) in [7, 11) is -1.04. The molecule has 0 aliphatic carbocycles. The summed E-state index contributed by atoms with van der Waals surface area (Å²) in [6, 6.07) is 17.0. The highest BCUT2D eigenvalue weighted by Gasteiger charge is 2.24. The Morgan fingerprint density at radius 2 is 1.58 bits per heavy atom. The lowest BCUT2D eigenvalue weighted by molar-refractivity contribution is -0.114. The maximum Gasteiger partial charge on any atom is 0.264 e. The summed E-state index contributed by atoms with van der Waals surface area (Å²) in [6.07, 6.45) is 0. The molecule has 0 heterocycles. The predicted octanol–water partition coefficient (Wildman–Crippen LogP) is 4.38. The molecule has 0 aliphatic heterocycles. The zero-order valence-corrected chi connectivity index (χ0v) is 19.7. The van der Waals surface area contributed by atoms with Gasteiger partial charge in [0.15, 0.2) is 0 Å². The fourth-order valence-corrected chi connectivity index (χ4v) is 4.43. The number of carbonyl (C=O) groups is 2. The minimum atomic E-state index is -3.97. The number of amides is 2. The number of methoxy groups -OCH3 is 1. The van der Waals surface area contributed by atoms with Crippen molar-refractivity contribution >= 4 is 50.5 Å². The van der Waals surface area contributed by atoms with Crippen molar-refractivity contribution in [1.29, 1.82) is 0 Å². The topological polar surface area (TPSA) is 105 Å². The largest absolute Gasteiger partial charge is 0.497 e. The Kier molecular flexibility index (Phi) is 7.25. The van der Waals surface area contributed by atoms with Crippen molar-refractivity contribution < 1.29 is 22.7 Å². The zero-order chi connectivity index (χ0) is 24.2. The molecule has 0 atom stereocenters. The molecule has 0 saturated heterocycles. The third-order valence-electron chi connectivity index (χ3n) is 4.72. The van der Waals surface area contributed by atoms with E-state index in [-0.39, 0.29) is 21.4 Å². The van der Waals surface area contributed by atoms with Gasteiger partial charge in [0.1, 0.15) is 5.75 Å². The lowest BCUT2D eigenvalue weighted by Crippen LogP contribution is -2.27. The van der Waals surface area contributed by atoms with Crippen LogP contribution in [0.3, 0.4) is 0 Å². The van der Waals surface area contributed by atoms with Gasteiger partial charge in [-0.25, -0.2) is 8.42 Å². The maximum atomic E-state index is 13.2. The van der Waals surface area contributed by atoms with Crippen LogP contribution in [0.4, 0.5) is 17.1 Å². The molecule has 172 valence electrons. The normalized spacial score (nSPS) is 10.9. The fourth-order valence-electron chi connectivity index (χ4n) is 3.00. The van der Waals surface area contributed by atoms with Gasteiger partial charge >= 0.3 is 0 Å². The fraction of sp³-hybridized carbons (Fsp3) is 0.130. The van der Waals surface area contributed by atoms with E-state index in [0.717, 1.165) is 4.31 Å². The molecular formula is C23H22ClN3O5S. The van der Waals surface area contributed by atoms with Crippen LogP contribution in [-0.2, 0) is 14.8 Å². The molecule has 3 aromatic rings. The molecule has 2 amide bonds. The van der Waals surface area contributed by atoms with Gasteiger partial charge < -0.3 is 15.4 Å². The minimum Gasteiger partial charge on any atom is -0.497 e. The summed E-state index contributed by atoms with van der Waals surface area (Å²) in [6.45, 7) is 1.37. The van der Waals surface area contributed by atoms with Gasteiger partial charge in [0.25, 0.3) is 15.9 Å². The monoisotopic (exact) mass is 487 g/mol. The van der Waals surface area contributed by atoms with E-state index in [1.807, 2.05) is 0 Å². The highest BCUT2D eigenvalue weighted by Crippen LogP contribution is 2.27. The van der Waals surface area contributed by atoms with Crippen molar-refractivity contribution in [2.24, 2.45) is 0 Å². The molecule has 0 fully saturated rings. The molecule has 0 bridgehead atoms. The number of nitrogens with zero attached hydrogens (tertiary/aromatic N) is 1. The average molecular weight is 488 g/mol.